The first-order chi connectivity index (χ1) is 7.74. The maximum Gasteiger partial charge on any atom is 0.132 e. The van der Waals surface area contributed by atoms with E-state index in [0.717, 1.165) is 24.7 Å². The topological polar surface area (TPSA) is 55.0 Å². The number of piperidine rings is 1. The number of aryl methyl sites for hydroxylation is 1. The van der Waals surface area contributed by atoms with Gasteiger partial charge in [-0.3, -0.25) is 0 Å². The lowest BCUT2D eigenvalue weighted by Gasteiger charge is -2.36. The Morgan fingerprint density at radius 1 is 1.31 bits per heavy atom. The Morgan fingerprint density at radius 2 is 2.00 bits per heavy atom. The molecule has 86 valence electrons. The van der Waals surface area contributed by atoms with E-state index in [2.05, 4.69) is 14.9 Å². The molecule has 2 N–H and O–H groups in total. The van der Waals surface area contributed by atoms with Crippen LogP contribution in [0.1, 0.15) is 18.7 Å². The van der Waals surface area contributed by atoms with Crippen LogP contribution in [0.15, 0.2) is 12.3 Å². The molecule has 1 saturated heterocycles. The lowest BCUT2D eigenvalue weighted by atomic mass is 9.93. The third-order valence-electron chi connectivity index (χ3n) is 3.99. The number of anilines is 1. The predicted octanol–water partition coefficient (Wildman–Crippen LogP) is 0.959. The maximum atomic E-state index is 6.20. The third kappa shape index (κ3) is 1.57. The molecule has 2 bridgehead atoms. The minimum Gasteiger partial charge on any atom is -0.356 e. The second kappa shape index (κ2) is 3.70. The van der Waals surface area contributed by atoms with Crippen molar-refractivity contribution in [3.8, 4) is 0 Å². The van der Waals surface area contributed by atoms with Crippen LogP contribution in [0.25, 0.3) is 0 Å². The molecule has 0 radical (unpaired) electrons. The molecule has 3 rings (SSSR count). The summed E-state index contributed by atoms with van der Waals surface area (Å²) in [5.41, 5.74) is 6.20. The van der Waals surface area contributed by atoms with E-state index in [4.69, 9.17) is 5.73 Å². The minimum atomic E-state index is 0.416. The molecule has 1 aliphatic heterocycles. The van der Waals surface area contributed by atoms with Crippen LogP contribution in [0, 0.1) is 18.8 Å². The molecule has 2 unspecified atom stereocenters. The molecule has 3 atom stereocenters. The van der Waals surface area contributed by atoms with Gasteiger partial charge in [0.1, 0.15) is 11.6 Å². The Balaban J connectivity index is 1.83. The molecule has 1 aliphatic carbocycles. The van der Waals surface area contributed by atoms with Crippen LogP contribution in [-0.4, -0.2) is 29.1 Å². The Labute approximate surface area is 95.9 Å². The van der Waals surface area contributed by atoms with Gasteiger partial charge in [-0.05, 0) is 37.7 Å². The van der Waals surface area contributed by atoms with Crippen molar-refractivity contribution in [2.24, 2.45) is 17.6 Å². The van der Waals surface area contributed by atoms with Crippen LogP contribution in [0.4, 0.5) is 5.82 Å². The summed E-state index contributed by atoms with van der Waals surface area (Å²) in [5, 5.41) is 0. The molecular formula is C12H18N4. The van der Waals surface area contributed by atoms with E-state index in [1.807, 2.05) is 19.2 Å². The van der Waals surface area contributed by atoms with Crippen LogP contribution >= 0.6 is 0 Å². The summed E-state index contributed by atoms with van der Waals surface area (Å²) in [6.45, 7) is 4.07. The number of hydrogen-bond donors (Lipinski definition) is 1. The Hall–Kier alpha value is -1.16. The van der Waals surface area contributed by atoms with E-state index in [0.29, 0.717) is 17.9 Å². The van der Waals surface area contributed by atoms with Crippen molar-refractivity contribution in [3.63, 3.8) is 0 Å². The predicted molar refractivity (Wildman–Crippen MR) is 63.2 cm³/mol. The van der Waals surface area contributed by atoms with Gasteiger partial charge in [-0.1, -0.05) is 0 Å². The number of rotatable bonds is 1. The standard InChI is InChI=1S/C12H18N4/c1-8-14-5-4-11(15-8)16-6-9-2-3-10(7-16)12(9)13/h4-5,9-10,12H,2-3,6-7,13H2,1H3/t9-,10?,12?/m0/s1. The van der Waals surface area contributed by atoms with Gasteiger partial charge in [0, 0.05) is 25.3 Å². The molecule has 4 heteroatoms. The van der Waals surface area contributed by atoms with Crippen molar-refractivity contribution in [1.82, 2.24) is 9.97 Å². The first-order valence-corrected chi connectivity index (χ1v) is 6.04. The summed E-state index contributed by atoms with van der Waals surface area (Å²) < 4.78 is 0. The largest absolute Gasteiger partial charge is 0.356 e. The first-order valence-electron chi connectivity index (χ1n) is 6.04. The molecule has 1 saturated carbocycles. The van der Waals surface area contributed by atoms with Crippen molar-refractivity contribution >= 4 is 5.82 Å². The van der Waals surface area contributed by atoms with E-state index < -0.39 is 0 Å². The fourth-order valence-electron chi connectivity index (χ4n) is 3.07. The highest BCUT2D eigenvalue weighted by Crippen LogP contribution is 2.36. The molecule has 2 aliphatic rings. The Bertz CT molecular complexity index is 378. The lowest BCUT2D eigenvalue weighted by molar-refractivity contribution is 0.355. The van der Waals surface area contributed by atoms with E-state index in [1.165, 1.54) is 12.8 Å². The van der Waals surface area contributed by atoms with Crippen molar-refractivity contribution in [3.05, 3.63) is 18.1 Å². The summed E-state index contributed by atoms with van der Waals surface area (Å²) in [7, 11) is 0. The molecule has 0 amide bonds. The average molecular weight is 218 g/mol. The van der Waals surface area contributed by atoms with Crippen LogP contribution in [0.3, 0.4) is 0 Å². The number of aromatic nitrogens is 2. The van der Waals surface area contributed by atoms with Gasteiger partial charge in [0.2, 0.25) is 0 Å². The van der Waals surface area contributed by atoms with Gasteiger partial charge in [-0.25, -0.2) is 9.97 Å². The molecule has 2 heterocycles. The summed E-state index contributed by atoms with van der Waals surface area (Å²) in [5.74, 6) is 3.24. The maximum absolute atomic E-state index is 6.20. The van der Waals surface area contributed by atoms with Crippen LogP contribution in [-0.2, 0) is 0 Å². The van der Waals surface area contributed by atoms with E-state index in [1.54, 1.807) is 0 Å². The molecule has 2 fully saturated rings. The molecule has 0 spiro atoms. The SMILES string of the molecule is Cc1nccc(N2CC3CC[C@@H](C2)C3N)n1. The van der Waals surface area contributed by atoms with Gasteiger partial charge in [0.15, 0.2) is 0 Å². The van der Waals surface area contributed by atoms with Gasteiger partial charge < -0.3 is 10.6 Å². The number of nitrogens with two attached hydrogens (primary N) is 1. The zero-order chi connectivity index (χ0) is 11.1. The highest BCUT2D eigenvalue weighted by atomic mass is 15.2. The van der Waals surface area contributed by atoms with Crippen molar-refractivity contribution < 1.29 is 0 Å². The number of fused-ring (bicyclic) bond motifs is 2. The zero-order valence-electron chi connectivity index (χ0n) is 9.63. The molecule has 1 aromatic rings. The second-order valence-corrected chi connectivity index (χ2v) is 5.04. The number of hydrogen-bond acceptors (Lipinski definition) is 4. The van der Waals surface area contributed by atoms with Gasteiger partial charge in [-0.15, -0.1) is 0 Å². The smallest absolute Gasteiger partial charge is 0.132 e. The highest BCUT2D eigenvalue weighted by Gasteiger charge is 2.40. The van der Waals surface area contributed by atoms with Crippen molar-refractivity contribution in [2.45, 2.75) is 25.8 Å². The Morgan fingerprint density at radius 3 is 2.62 bits per heavy atom. The van der Waals surface area contributed by atoms with Crippen LogP contribution in [0.5, 0.6) is 0 Å². The lowest BCUT2D eigenvalue weighted by Crippen LogP contribution is -2.49. The van der Waals surface area contributed by atoms with E-state index in [9.17, 15) is 0 Å². The summed E-state index contributed by atoms with van der Waals surface area (Å²) >= 11 is 0. The second-order valence-electron chi connectivity index (χ2n) is 5.04. The van der Waals surface area contributed by atoms with Crippen LogP contribution in [0.2, 0.25) is 0 Å². The fraction of sp³-hybridized carbons (Fsp3) is 0.667. The first kappa shape index (κ1) is 10.0. The highest BCUT2D eigenvalue weighted by molar-refractivity contribution is 5.39. The molecule has 1 aromatic heterocycles. The fourth-order valence-corrected chi connectivity index (χ4v) is 3.07. The zero-order valence-corrected chi connectivity index (χ0v) is 9.63. The van der Waals surface area contributed by atoms with Crippen LogP contribution < -0.4 is 10.6 Å². The van der Waals surface area contributed by atoms with E-state index in [-0.39, 0.29) is 0 Å². The van der Waals surface area contributed by atoms with E-state index >= 15 is 0 Å². The molecule has 4 nitrogen and oxygen atoms in total. The van der Waals surface area contributed by atoms with Gasteiger partial charge in [0.05, 0.1) is 0 Å². The molecular weight excluding hydrogens is 200 g/mol. The average Bonchev–Trinajstić information content (AvgIpc) is 2.53. The summed E-state index contributed by atoms with van der Waals surface area (Å²) in [4.78, 5) is 11.0. The normalized spacial score (nSPS) is 33.1. The molecule has 16 heavy (non-hydrogen) atoms. The van der Waals surface area contributed by atoms with Gasteiger partial charge in [-0.2, -0.15) is 0 Å². The van der Waals surface area contributed by atoms with Gasteiger partial charge >= 0.3 is 0 Å². The summed E-state index contributed by atoms with van der Waals surface area (Å²) in [6, 6.07) is 2.42. The van der Waals surface area contributed by atoms with Crippen molar-refractivity contribution in [2.75, 3.05) is 18.0 Å². The van der Waals surface area contributed by atoms with Gasteiger partial charge in [0.25, 0.3) is 0 Å². The molecule has 0 aromatic carbocycles. The number of nitrogens with zero attached hydrogens (tertiary/aromatic N) is 3. The van der Waals surface area contributed by atoms with Crippen molar-refractivity contribution in [1.29, 1.82) is 0 Å². The Kier molecular flexibility index (Phi) is 2.32. The monoisotopic (exact) mass is 218 g/mol. The minimum absolute atomic E-state index is 0.416. The quantitative estimate of drug-likeness (QED) is 0.762. The summed E-state index contributed by atoms with van der Waals surface area (Å²) in [6.07, 6.45) is 4.41. The third-order valence-corrected chi connectivity index (χ3v) is 3.99.